The van der Waals surface area contributed by atoms with E-state index in [9.17, 15) is 4.79 Å². The topological polar surface area (TPSA) is 59.8 Å². The molecule has 8 heteroatoms. The van der Waals surface area contributed by atoms with Crippen LogP contribution in [0.3, 0.4) is 0 Å². The van der Waals surface area contributed by atoms with E-state index in [1.165, 1.54) is 0 Å². The molecule has 0 fully saturated rings. The smallest absolute Gasteiger partial charge is 0.226 e. The van der Waals surface area contributed by atoms with Crippen LogP contribution in [0.1, 0.15) is 38.3 Å². The van der Waals surface area contributed by atoms with E-state index in [4.69, 9.17) is 33.3 Å². The highest BCUT2D eigenvalue weighted by Gasteiger charge is 2.41. The Bertz CT molecular complexity index is 1250. The molecule has 5 nitrogen and oxygen atoms in total. The molecule has 2 aromatic carbocycles. The zero-order chi connectivity index (χ0) is 21.9. The number of hydrogen-bond donors (Lipinski definition) is 1. The van der Waals surface area contributed by atoms with Crippen molar-refractivity contribution in [3.63, 3.8) is 0 Å². The third-order valence-corrected chi connectivity index (χ3v) is 6.77. The molecule has 0 amide bonds. The lowest BCUT2D eigenvalue weighted by Crippen LogP contribution is -2.36. The van der Waals surface area contributed by atoms with Gasteiger partial charge in [0, 0.05) is 32.7 Å². The summed E-state index contributed by atoms with van der Waals surface area (Å²) in [5.41, 5.74) is 3.23. The molecule has 2 heterocycles. The number of ketones is 1. The van der Waals surface area contributed by atoms with Gasteiger partial charge in [0.1, 0.15) is 6.04 Å². The van der Waals surface area contributed by atoms with Crippen LogP contribution in [0, 0.1) is 5.41 Å². The largest absolute Gasteiger partial charge is 0.328 e. The molecule has 1 unspecified atom stereocenters. The van der Waals surface area contributed by atoms with Crippen molar-refractivity contribution in [2.45, 2.75) is 32.7 Å². The minimum atomic E-state index is -0.352. The van der Waals surface area contributed by atoms with Gasteiger partial charge in [-0.25, -0.2) is 4.68 Å². The van der Waals surface area contributed by atoms with Gasteiger partial charge < -0.3 is 5.32 Å². The second-order valence-electron chi connectivity index (χ2n) is 8.74. The molecule has 0 radical (unpaired) electrons. The number of fused-ring (bicyclic) bond motifs is 1. The highest BCUT2D eigenvalue weighted by atomic mass is 79.9. The summed E-state index contributed by atoms with van der Waals surface area (Å²) in [5.74, 6) is 1.22. The summed E-state index contributed by atoms with van der Waals surface area (Å²) >= 11 is 16.0. The Morgan fingerprint density at radius 3 is 2.58 bits per heavy atom. The summed E-state index contributed by atoms with van der Waals surface area (Å²) in [7, 11) is 0. The van der Waals surface area contributed by atoms with E-state index in [0.29, 0.717) is 33.8 Å². The zero-order valence-electron chi connectivity index (χ0n) is 16.9. The Morgan fingerprint density at radius 2 is 1.87 bits per heavy atom. The molecule has 3 aromatic rings. The number of anilines is 1. The summed E-state index contributed by atoms with van der Waals surface area (Å²) < 4.78 is 2.77. The number of nitrogens with one attached hydrogen (secondary N) is 1. The molecule has 1 N–H and O–H groups in total. The van der Waals surface area contributed by atoms with Gasteiger partial charge in [0.25, 0.3) is 0 Å². The van der Waals surface area contributed by atoms with Crippen LogP contribution in [0.15, 0.2) is 58.2 Å². The van der Waals surface area contributed by atoms with Crippen LogP contribution in [0.2, 0.25) is 10.0 Å². The minimum absolute atomic E-state index is 0.113. The van der Waals surface area contributed by atoms with Crippen LogP contribution >= 0.6 is 39.1 Å². The van der Waals surface area contributed by atoms with E-state index >= 15 is 0 Å². The van der Waals surface area contributed by atoms with Gasteiger partial charge in [0.05, 0.1) is 5.02 Å². The number of rotatable bonds is 2. The number of allylic oxidation sites excluding steroid dienone is 2. The summed E-state index contributed by atoms with van der Waals surface area (Å²) in [5, 5.41) is 9.18. The summed E-state index contributed by atoms with van der Waals surface area (Å²) in [4.78, 5) is 18.0. The first-order chi connectivity index (χ1) is 14.7. The molecule has 1 atom stereocenters. The van der Waals surface area contributed by atoms with Crippen molar-refractivity contribution in [2.75, 3.05) is 5.32 Å². The lowest BCUT2D eigenvalue weighted by Gasteiger charge is -2.38. The minimum Gasteiger partial charge on any atom is -0.328 e. The molecule has 1 aromatic heterocycles. The molecular formula is C23H19BrCl2N4O. The lowest BCUT2D eigenvalue weighted by atomic mass is 9.73. The molecular weight excluding hydrogens is 499 g/mol. The van der Waals surface area contributed by atoms with Gasteiger partial charge in [-0.3, -0.25) is 4.79 Å². The number of halogens is 3. The molecule has 1 aliphatic carbocycles. The Kier molecular flexibility index (Phi) is 5.00. The summed E-state index contributed by atoms with van der Waals surface area (Å²) in [6, 6.07) is 12.9. The van der Waals surface area contributed by atoms with Gasteiger partial charge in [0.2, 0.25) is 5.95 Å². The second-order valence-corrected chi connectivity index (χ2v) is 10.5. The Hall–Kier alpha value is -2.15. The zero-order valence-corrected chi connectivity index (χ0v) is 20.0. The maximum absolute atomic E-state index is 13.3. The fourth-order valence-electron chi connectivity index (χ4n) is 4.35. The van der Waals surface area contributed by atoms with Gasteiger partial charge in [-0.1, -0.05) is 65.1 Å². The van der Waals surface area contributed by atoms with Crippen LogP contribution in [0.5, 0.6) is 0 Å². The van der Waals surface area contributed by atoms with E-state index in [-0.39, 0.29) is 17.2 Å². The predicted octanol–water partition coefficient (Wildman–Crippen LogP) is 6.67. The first kappa shape index (κ1) is 20.7. The van der Waals surface area contributed by atoms with Gasteiger partial charge in [-0.15, -0.1) is 5.10 Å². The number of carbonyl (C=O) groups excluding carboxylic acids is 1. The maximum Gasteiger partial charge on any atom is 0.226 e. The molecule has 158 valence electrons. The second kappa shape index (κ2) is 7.47. The molecule has 1 aliphatic heterocycles. The van der Waals surface area contributed by atoms with E-state index in [0.717, 1.165) is 27.7 Å². The number of nitrogens with zero attached hydrogens (tertiary/aromatic N) is 3. The lowest BCUT2D eigenvalue weighted by molar-refractivity contribution is -0.118. The standard InChI is InChI=1S/C23H19BrCl2N4O/c1-23(2)10-17-19(18(31)11-23)20(12-3-5-13(24)6-4-12)30-22(27-17)28-21(29-30)15-8-7-14(25)9-16(15)26/h3-9,20H,10-11H2,1-2H3,(H,27,28,29). The molecule has 0 spiro atoms. The average molecular weight is 518 g/mol. The van der Waals surface area contributed by atoms with Crippen LogP contribution in [-0.4, -0.2) is 20.5 Å². The van der Waals surface area contributed by atoms with E-state index < -0.39 is 0 Å². The SMILES string of the molecule is CC1(C)CC(=O)C2=C(C1)Nc1nc(-c3ccc(Cl)cc3Cl)nn1C2c1ccc(Br)cc1. The summed E-state index contributed by atoms with van der Waals surface area (Å²) in [6.45, 7) is 4.23. The number of Topliss-reactive ketones (excluding diaryl/α,β-unsaturated/α-hetero) is 1. The van der Waals surface area contributed by atoms with Crippen LogP contribution < -0.4 is 5.32 Å². The Morgan fingerprint density at radius 1 is 1.13 bits per heavy atom. The molecule has 0 bridgehead atoms. The van der Waals surface area contributed by atoms with E-state index in [1.54, 1.807) is 16.8 Å². The summed E-state index contributed by atoms with van der Waals surface area (Å²) in [6.07, 6.45) is 1.27. The molecule has 2 aliphatic rings. The molecule has 0 saturated heterocycles. The number of benzene rings is 2. The quantitative estimate of drug-likeness (QED) is 0.412. The normalized spacial score (nSPS) is 19.6. The highest BCUT2D eigenvalue weighted by molar-refractivity contribution is 9.10. The van der Waals surface area contributed by atoms with Crippen molar-refractivity contribution >= 4 is 50.9 Å². The van der Waals surface area contributed by atoms with Crippen molar-refractivity contribution in [3.8, 4) is 11.4 Å². The number of carbonyl (C=O) groups is 1. The monoisotopic (exact) mass is 516 g/mol. The average Bonchev–Trinajstić information content (AvgIpc) is 3.09. The Labute approximate surface area is 198 Å². The molecule has 31 heavy (non-hydrogen) atoms. The third kappa shape index (κ3) is 3.71. The van der Waals surface area contributed by atoms with Crippen molar-refractivity contribution in [1.29, 1.82) is 0 Å². The first-order valence-corrected chi connectivity index (χ1v) is 11.5. The van der Waals surface area contributed by atoms with Gasteiger partial charge >= 0.3 is 0 Å². The predicted molar refractivity (Wildman–Crippen MR) is 126 cm³/mol. The van der Waals surface area contributed by atoms with Crippen molar-refractivity contribution in [3.05, 3.63) is 73.8 Å². The number of hydrogen-bond acceptors (Lipinski definition) is 4. The van der Waals surface area contributed by atoms with Crippen LogP contribution in [0.4, 0.5) is 5.95 Å². The highest BCUT2D eigenvalue weighted by Crippen LogP contribution is 2.46. The number of aromatic nitrogens is 3. The van der Waals surface area contributed by atoms with Crippen molar-refractivity contribution in [1.82, 2.24) is 14.8 Å². The fraction of sp³-hybridized carbons (Fsp3) is 0.261. The first-order valence-electron chi connectivity index (χ1n) is 9.92. The van der Waals surface area contributed by atoms with Crippen LogP contribution in [-0.2, 0) is 4.79 Å². The Balaban J connectivity index is 1.68. The van der Waals surface area contributed by atoms with E-state index in [2.05, 4.69) is 35.1 Å². The van der Waals surface area contributed by atoms with Gasteiger partial charge in [-0.2, -0.15) is 4.98 Å². The molecule has 0 saturated carbocycles. The van der Waals surface area contributed by atoms with Crippen molar-refractivity contribution in [2.24, 2.45) is 5.41 Å². The fourth-order valence-corrected chi connectivity index (χ4v) is 5.10. The third-order valence-electron chi connectivity index (χ3n) is 5.69. The van der Waals surface area contributed by atoms with Crippen molar-refractivity contribution < 1.29 is 4.79 Å². The maximum atomic E-state index is 13.3. The van der Waals surface area contributed by atoms with Gasteiger partial charge in [0.15, 0.2) is 11.6 Å². The van der Waals surface area contributed by atoms with Crippen LogP contribution in [0.25, 0.3) is 11.4 Å². The molecule has 5 rings (SSSR count). The van der Waals surface area contributed by atoms with E-state index in [1.807, 2.05) is 30.3 Å². The van der Waals surface area contributed by atoms with Gasteiger partial charge in [-0.05, 0) is 47.7 Å².